The fraction of sp³-hybridized carbons (Fsp3) is 0.533. The average molecular weight is 278 g/mol. The first kappa shape index (κ1) is 12.9. The summed E-state index contributed by atoms with van der Waals surface area (Å²) in [5.41, 5.74) is 8.32. The van der Waals surface area contributed by atoms with Gasteiger partial charge in [0.2, 0.25) is 0 Å². The fourth-order valence-electron chi connectivity index (χ4n) is 3.37. The SMILES string of the molecule is Cn1c(C2(C)CCCCC2N)nc2cccc(Cl)c21. The van der Waals surface area contributed by atoms with Crippen molar-refractivity contribution in [3.05, 3.63) is 29.0 Å². The number of nitrogens with zero attached hydrogens (tertiary/aromatic N) is 2. The van der Waals surface area contributed by atoms with Crippen molar-refractivity contribution in [1.29, 1.82) is 0 Å². The van der Waals surface area contributed by atoms with Crippen molar-refractivity contribution in [2.45, 2.75) is 44.1 Å². The van der Waals surface area contributed by atoms with Crippen LogP contribution in [0.5, 0.6) is 0 Å². The highest BCUT2D eigenvalue weighted by molar-refractivity contribution is 6.35. The molecule has 1 aliphatic rings. The van der Waals surface area contributed by atoms with E-state index in [0.29, 0.717) is 0 Å². The minimum atomic E-state index is -0.0463. The summed E-state index contributed by atoms with van der Waals surface area (Å²) in [6.45, 7) is 2.24. The summed E-state index contributed by atoms with van der Waals surface area (Å²) >= 11 is 6.30. The van der Waals surface area contributed by atoms with Crippen LogP contribution in [0.25, 0.3) is 11.0 Å². The maximum absolute atomic E-state index is 6.39. The summed E-state index contributed by atoms with van der Waals surface area (Å²) in [5, 5.41) is 0.756. The Morgan fingerprint density at radius 3 is 2.89 bits per heavy atom. The van der Waals surface area contributed by atoms with Crippen molar-refractivity contribution in [3.63, 3.8) is 0 Å². The molecule has 1 saturated carbocycles. The van der Waals surface area contributed by atoms with E-state index in [9.17, 15) is 0 Å². The van der Waals surface area contributed by atoms with Crippen LogP contribution in [0.2, 0.25) is 5.02 Å². The minimum Gasteiger partial charge on any atom is -0.329 e. The molecule has 102 valence electrons. The molecule has 2 aromatic rings. The zero-order valence-corrected chi connectivity index (χ0v) is 12.2. The Kier molecular flexibility index (Phi) is 3.06. The van der Waals surface area contributed by atoms with Crippen molar-refractivity contribution in [3.8, 4) is 0 Å². The van der Waals surface area contributed by atoms with Gasteiger partial charge in [0.25, 0.3) is 0 Å². The Bertz CT molecular complexity index is 619. The zero-order chi connectivity index (χ0) is 13.6. The third-order valence-electron chi connectivity index (χ3n) is 4.64. The topological polar surface area (TPSA) is 43.8 Å². The molecule has 0 amide bonds. The summed E-state index contributed by atoms with van der Waals surface area (Å²) in [4.78, 5) is 4.82. The van der Waals surface area contributed by atoms with Crippen LogP contribution in [-0.4, -0.2) is 15.6 Å². The first-order valence-electron chi connectivity index (χ1n) is 6.91. The van der Waals surface area contributed by atoms with E-state index in [1.165, 1.54) is 12.8 Å². The Hall–Kier alpha value is -1.06. The number of nitrogens with two attached hydrogens (primary N) is 1. The summed E-state index contributed by atoms with van der Waals surface area (Å²) < 4.78 is 2.13. The van der Waals surface area contributed by atoms with Gasteiger partial charge in [0.05, 0.1) is 16.1 Å². The van der Waals surface area contributed by atoms with Crippen LogP contribution < -0.4 is 5.73 Å². The quantitative estimate of drug-likeness (QED) is 0.868. The van der Waals surface area contributed by atoms with Crippen LogP contribution in [0.1, 0.15) is 38.4 Å². The van der Waals surface area contributed by atoms with Crippen LogP contribution in [0.4, 0.5) is 0 Å². The predicted octanol–water partition coefficient (Wildman–Crippen LogP) is 3.39. The zero-order valence-electron chi connectivity index (χ0n) is 11.5. The average Bonchev–Trinajstić information content (AvgIpc) is 2.73. The Labute approximate surface area is 118 Å². The van der Waals surface area contributed by atoms with E-state index in [4.69, 9.17) is 22.3 Å². The van der Waals surface area contributed by atoms with Crippen molar-refractivity contribution in [2.75, 3.05) is 0 Å². The van der Waals surface area contributed by atoms with Gasteiger partial charge in [0.1, 0.15) is 5.82 Å². The van der Waals surface area contributed by atoms with Gasteiger partial charge in [-0.3, -0.25) is 0 Å². The molecular formula is C15H20ClN3. The summed E-state index contributed by atoms with van der Waals surface area (Å²) in [6.07, 6.45) is 4.62. The number of benzene rings is 1. The number of hydrogen-bond donors (Lipinski definition) is 1. The Balaban J connectivity index is 2.20. The molecule has 2 unspecified atom stereocenters. The smallest absolute Gasteiger partial charge is 0.117 e. The lowest BCUT2D eigenvalue weighted by Gasteiger charge is -2.38. The van der Waals surface area contributed by atoms with Gasteiger partial charge in [0.15, 0.2) is 0 Å². The second-order valence-corrected chi connectivity index (χ2v) is 6.28. The van der Waals surface area contributed by atoms with Gasteiger partial charge in [-0.15, -0.1) is 0 Å². The lowest BCUT2D eigenvalue weighted by Crippen LogP contribution is -2.47. The van der Waals surface area contributed by atoms with Crippen LogP contribution in [-0.2, 0) is 12.5 Å². The standard InChI is InChI=1S/C15H20ClN3/c1-15(9-4-3-8-12(15)17)14-18-11-7-5-6-10(16)13(11)19(14)2/h5-7,12H,3-4,8-9,17H2,1-2H3. The molecule has 0 radical (unpaired) electrons. The number of fused-ring (bicyclic) bond motifs is 1. The van der Waals surface area contributed by atoms with E-state index in [-0.39, 0.29) is 11.5 Å². The normalized spacial score (nSPS) is 27.9. The van der Waals surface area contributed by atoms with Gasteiger partial charge >= 0.3 is 0 Å². The van der Waals surface area contributed by atoms with Gasteiger partial charge in [0, 0.05) is 18.5 Å². The molecule has 3 nitrogen and oxygen atoms in total. The van der Waals surface area contributed by atoms with Gasteiger partial charge in [-0.2, -0.15) is 0 Å². The highest BCUT2D eigenvalue weighted by Crippen LogP contribution is 2.39. The van der Waals surface area contributed by atoms with Crippen molar-refractivity contribution < 1.29 is 0 Å². The van der Waals surface area contributed by atoms with E-state index in [0.717, 1.165) is 34.7 Å². The first-order chi connectivity index (χ1) is 9.04. The van der Waals surface area contributed by atoms with Gasteiger partial charge in [-0.25, -0.2) is 4.98 Å². The second kappa shape index (κ2) is 4.50. The first-order valence-corrected chi connectivity index (χ1v) is 7.29. The number of aryl methyl sites for hydroxylation is 1. The monoisotopic (exact) mass is 277 g/mol. The number of para-hydroxylation sites is 1. The number of halogens is 1. The molecule has 1 heterocycles. The number of rotatable bonds is 1. The molecule has 1 aromatic heterocycles. The van der Waals surface area contributed by atoms with Gasteiger partial charge in [-0.05, 0) is 25.0 Å². The van der Waals surface area contributed by atoms with Crippen molar-refractivity contribution in [1.82, 2.24) is 9.55 Å². The van der Waals surface area contributed by atoms with Gasteiger partial charge < -0.3 is 10.3 Å². The molecule has 2 atom stereocenters. The second-order valence-electron chi connectivity index (χ2n) is 5.87. The third-order valence-corrected chi connectivity index (χ3v) is 4.94. The molecule has 4 heteroatoms. The third kappa shape index (κ3) is 1.87. The number of aromatic nitrogens is 2. The van der Waals surface area contributed by atoms with Crippen LogP contribution in [0.15, 0.2) is 18.2 Å². The maximum atomic E-state index is 6.39. The molecule has 0 aliphatic heterocycles. The summed E-state index contributed by atoms with van der Waals surface area (Å²) in [7, 11) is 2.04. The van der Waals surface area contributed by atoms with E-state index < -0.39 is 0 Å². The lowest BCUT2D eigenvalue weighted by molar-refractivity contribution is 0.254. The molecule has 1 aromatic carbocycles. The van der Waals surface area contributed by atoms with Crippen LogP contribution >= 0.6 is 11.6 Å². The van der Waals surface area contributed by atoms with Crippen LogP contribution in [0.3, 0.4) is 0 Å². The Morgan fingerprint density at radius 2 is 2.21 bits per heavy atom. The molecule has 0 spiro atoms. The summed E-state index contributed by atoms with van der Waals surface area (Å²) in [6, 6.07) is 6.06. The lowest BCUT2D eigenvalue weighted by atomic mass is 9.71. The van der Waals surface area contributed by atoms with E-state index in [1.807, 2.05) is 25.2 Å². The highest BCUT2D eigenvalue weighted by Gasteiger charge is 2.39. The number of imidazole rings is 1. The van der Waals surface area contributed by atoms with E-state index >= 15 is 0 Å². The van der Waals surface area contributed by atoms with Gasteiger partial charge in [-0.1, -0.05) is 37.4 Å². The molecule has 2 N–H and O–H groups in total. The minimum absolute atomic E-state index is 0.0463. The molecular weight excluding hydrogens is 258 g/mol. The largest absolute Gasteiger partial charge is 0.329 e. The molecule has 1 fully saturated rings. The molecule has 1 aliphatic carbocycles. The number of hydrogen-bond acceptors (Lipinski definition) is 2. The maximum Gasteiger partial charge on any atom is 0.117 e. The molecule has 0 bridgehead atoms. The predicted molar refractivity (Wildman–Crippen MR) is 79.5 cm³/mol. The van der Waals surface area contributed by atoms with E-state index in [2.05, 4.69) is 11.5 Å². The summed E-state index contributed by atoms with van der Waals surface area (Å²) in [5.74, 6) is 1.07. The Morgan fingerprint density at radius 1 is 1.42 bits per heavy atom. The fourth-order valence-corrected chi connectivity index (χ4v) is 3.67. The molecule has 19 heavy (non-hydrogen) atoms. The van der Waals surface area contributed by atoms with Crippen molar-refractivity contribution >= 4 is 22.6 Å². The highest BCUT2D eigenvalue weighted by atomic mass is 35.5. The van der Waals surface area contributed by atoms with E-state index in [1.54, 1.807) is 0 Å². The van der Waals surface area contributed by atoms with Crippen LogP contribution in [0, 0.1) is 0 Å². The molecule has 3 rings (SSSR count). The molecule has 0 saturated heterocycles. The van der Waals surface area contributed by atoms with Crippen molar-refractivity contribution in [2.24, 2.45) is 12.8 Å².